The van der Waals surface area contributed by atoms with Crippen LogP contribution in [0.3, 0.4) is 0 Å². The van der Waals surface area contributed by atoms with Crippen molar-refractivity contribution >= 4 is 23.3 Å². The molecule has 0 amide bonds. The van der Waals surface area contributed by atoms with Gasteiger partial charge < -0.3 is 15.7 Å². The van der Waals surface area contributed by atoms with E-state index < -0.39 is 11.9 Å². The molecule has 1 unspecified atom stereocenters. The van der Waals surface area contributed by atoms with Gasteiger partial charge in [-0.3, -0.25) is 0 Å². The van der Waals surface area contributed by atoms with Crippen molar-refractivity contribution in [2.24, 2.45) is 0 Å². The first-order valence-corrected chi connectivity index (χ1v) is 7.69. The van der Waals surface area contributed by atoms with Crippen LogP contribution in [0.15, 0.2) is 35.6 Å². The second-order valence-corrected chi connectivity index (χ2v) is 6.11. The molecule has 2 heterocycles. The summed E-state index contributed by atoms with van der Waals surface area (Å²) in [5.41, 5.74) is 0.604. The first kappa shape index (κ1) is 18.2. The Kier molecular flexibility index (Phi) is 5.13. The van der Waals surface area contributed by atoms with Crippen molar-refractivity contribution in [3.05, 3.63) is 46.4 Å². The van der Waals surface area contributed by atoms with Crippen LogP contribution in [-0.2, 0) is 0 Å². The number of carbonyl (C=O) groups is 1. The van der Waals surface area contributed by atoms with Crippen LogP contribution in [0, 0.1) is 0 Å². The molecule has 5 nitrogen and oxygen atoms in total. The lowest BCUT2D eigenvalue weighted by Gasteiger charge is -2.29. The van der Waals surface area contributed by atoms with Crippen LogP contribution >= 0.6 is 11.6 Å². The number of nitrogens with zero attached hydrogens (tertiary/aromatic N) is 1. The van der Waals surface area contributed by atoms with E-state index in [0.717, 1.165) is 6.92 Å². The summed E-state index contributed by atoms with van der Waals surface area (Å²) in [5.74, 6) is -4.19. The summed E-state index contributed by atoms with van der Waals surface area (Å²) < 4.78 is 27.1. The number of nitrogens with one attached hydrogen (secondary N) is 2. The van der Waals surface area contributed by atoms with Crippen molar-refractivity contribution in [1.82, 2.24) is 10.3 Å². The van der Waals surface area contributed by atoms with Crippen molar-refractivity contribution in [1.29, 1.82) is 0 Å². The molecule has 0 bridgehead atoms. The Balaban J connectivity index is 2.29. The molecule has 1 aromatic heterocycles. The van der Waals surface area contributed by atoms with Crippen molar-refractivity contribution in [2.75, 3.05) is 5.32 Å². The summed E-state index contributed by atoms with van der Waals surface area (Å²) >= 11 is 5.72. The van der Waals surface area contributed by atoms with Gasteiger partial charge in [0.15, 0.2) is 5.69 Å². The van der Waals surface area contributed by atoms with Gasteiger partial charge in [0, 0.05) is 30.8 Å². The molecule has 3 N–H and O–H groups in total. The Bertz CT molecular complexity index is 714. The van der Waals surface area contributed by atoms with E-state index in [2.05, 4.69) is 15.6 Å². The number of alkyl halides is 2. The number of pyridine rings is 1. The van der Waals surface area contributed by atoms with E-state index in [-0.39, 0.29) is 34.2 Å². The maximum atomic E-state index is 13.5. The highest BCUT2D eigenvalue weighted by atomic mass is 35.5. The number of hydrogen-bond acceptors (Lipinski definition) is 4. The predicted octanol–water partition coefficient (Wildman–Crippen LogP) is 3.69. The van der Waals surface area contributed by atoms with E-state index in [1.165, 1.54) is 24.4 Å². The van der Waals surface area contributed by atoms with Gasteiger partial charge in [0.05, 0.1) is 5.69 Å². The Morgan fingerprint density at radius 3 is 2.75 bits per heavy atom. The molecule has 0 radical (unpaired) electrons. The van der Waals surface area contributed by atoms with Gasteiger partial charge in [0.2, 0.25) is 0 Å². The number of aromatic carboxylic acids is 1. The number of halogens is 3. The van der Waals surface area contributed by atoms with E-state index in [9.17, 15) is 18.7 Å². The molecule has 2 atom stereocenters. The average Bonchev–Trinajstić information content (AvgIpc) is 2.48. The highest BCUT2D eigenvalue weighted by molar-refractivity contribution is 6.29. The first-order chi connectivity index (χ1) is 11.1. The molecule has 0 spiro atoms. The predicted molar refractivity (Wildman–Crippen MR) is 88.7 cm³/mol. The maximum absolute atomic E-state index is 13.5. The number of dihydropyridines is 1. The normalized spacial score (nSPS) is 19.0. The molecule has 0 saturated heterocycles. The molecular formula is C16H18ClF2N3O2. The molecule has 2 rings (SSSR count). The smallest absolute Gasteiger partial charge is 0.356 e. The minimum absolute atomic E-state index is 0.0633. The summed E-state index contributed by atoms with van der Waals surface area (Å²) in [6.07, 6.45) is 2.73. The van der Waals surface area contributed by atoms with Crippen LogP contribution in [0.1, 0.15) is 31.3 Å². The fraction of sp³-hybridized carbons (Fsp3) is 0.375. The zero-order chi connectivity index (χ0) is 18.1. The van der Waals surface area contributed by atoms with Gasteiger partial charge in [-0.2, -0.15) is 0 Å². The summed E-state index contributed by atoms with van der Waals surface area (Å²) in [6.45, 7) is 4.43. The Morgan fingerprint density at radius 2 is 2.17 bits per heavy atom. The topological polar surface area (TPSA) is 74.2 Å². The van der Waals surface area contributed by atoms with E-state index in [1.54, 1.807) is 6.92 Å². The number of allylic oxidation sites excluding steroid dienone is 2. The van der Waals surface area contributed by atoms with E-state index >= 15 is 0 Å². The highest BCUT2D eigenvalue weighted by Gasteiger charge is 2.30. The van der Waals surface area contributed by atoms with E-state index in [0.29, 0.717) is 5.57 Å². The lowest BCUT2D eigenvalue weighted by atomic mass is 9.94. The summed E-state index contributed by atoms with van der Waals surface area (Å²) in [6, 6.07) is 2.40. The summed E-state index contributed by atoms with van der Waals surface area (Å²) in [5, 5.41) is 15.2. The second-order valence-electron chi connectivity index (χ2n) is 5.72. The lowest BCUT2D eigenvalue weighted by Crippen LogP contribution is -2.36. The Labute approximate surface area is 143 Å². The van der Waals surface area contributed by atoms with E-state index in [4.69, 9.17) is 11.6 Å². The zero-order valence-electron chi connectivity index (χ0n) is 13.4. The van der Waals surface area contributed by atoms with Crippen molar-refractivity contribution in [2.45, 2.75) is 38.8 Å². The lowest BCUT2D eigenvalue weighted by molar-refractivity contribution is 0.0660. The fourth-order valence-electron chi connectivity index (χ4n) is 2.44. The SMILES string of the molecule is CC1NC=C(C(C)(F)F)C=C1[C@@H](C)Nc1ccc(Cl)nc1C(=O)O. The Hall–Kier alpha value is -2.15. The molecule has 0 saturated carbocycles. The largest absolute Gasteiger partial charge is 0.476 e. The maximum Gasteiger partial charge on any atom is 0.356 e. The number of rotatable bonds is 5. The van der Waals surface area contributed by atoms with Crippen LogP contribution in [0.25, 0.3) is 0 Å². The van der Waals surface area contributed by atoms with Crippen LogP contribution in [0.5, 0.6) is 0 Å². The number of aromatic nitrogens is 1. The van der Waals surface area contributed by atoms with Gasteiger partial charge in [0.1, 0.15) is 5.15 Å². The van der Waals surface area contributed by atoms with Crippen LogP contribution in [-0.4, -0.2) is 34.1 Å². The molecular weight excluding hydrogens is 340 g/mol. The molecule has 1 aliphatic rings. The van der Waals surface area contributed by atoms with Gasteiger partial charge in [-0.1, -0.05) is 11.6 Å². The van der Waals surface area contributed by atoms with Gasteiger partial charge in [-0.15, -0.1) is 0 Å². The van der Waals surface area contributed by atoms with E-state index in [1.807, 2.05) is 6.92 Å². The molecule has 8 heteroatoms. The van der Waals surface area contributed by atoms with Crippen molar-refractivity contribution in [3.63, 3.8) is 0 Å². The average molecular weight is 358 g/mol. The molecule has 1 aliphatic heterocycles. The van der Waals surface area contributed by atoms with Crippen LogP contribution in [0.2, 0.25) is 5.15 Å². The number of carboxylic acid groups (broad SMARTS) is 1. The van der Waals surface area contributed by atoms with Crippen molar-refractivity contribution < 1.29 is 18.7 Å². The highest BCUT2D eigenvalue weighted by Crippen LogP contribution is 2.29. The minimum atomic E-state index is -2.97. The molecule has 1 aromatic rings. The van der Waals surface area contributed by atoms with Gasteiger partial charge in [-0.05, 0) is 37.6 Å². The van der Waals surface area contributed by atoms with Gasteiger partial charge in [-0.25, -0.2) is 18.6 Å². The quantitative estimate of drug-likeness (QED) is 0.701. The van der Waals surface area contributed by atoms with Crippen LogP contribution < -0.4 is 10.6 Å². The summed E-state index contributed by atoms with van der Waals surface area (Å²) in [7, 11) is 0. The van der Waals surface area contributed by atoms with Crippen LogP contribution in [0.4, 0.5) is 14.5 Å². The number of anilines is 1. The summed E-state index contributed by atoms with van der Waals surface area (Å²) in [4.78, 5) is 15.1. The molecule has 130 valence electrons. The minimum Gasteiger partial charge on any atom is -0.476 e. The third kappa shape index (κ3) is 4.03. The molecule has 0 fully saturated rings. The number of hydrogen-bond donors (Lipinski definition) is 3. The molecule has 0 aliphatic carbocycles. The first-order valence-electron chi connectivity index (χ1n) is 7.32. The zero-order valence-corrected chi connectivity index (χ0v) is 14.2. The third-order valence-electron chi connectivity index (χ3n) is 3.75. The molecule has 0 aromatic carbocycles. The number of carboxylic acids is 1. The Morgan fingerprint density at radius 1 is 1.50 bits per heavy atom. The molecule has 24 heavy (non-hydrogen) atoms. The van der Waals surface area contributed by atoms with Gasteiger partial charge in [0.25, 0.3) is 5.92 Å². The standard InChI is InChI=1S/C16H18ClF2N3O2/c1-8-11(6-10(7-20-8)16(3,18)19)9(2)21-12-4-5-13(17)22-14(12)15(23)24/h4-9,20-21H,1-3H3,(H,23,24)/t8?,9-/m1/s1. The second kappa shape index (κ2) is 6.76. The monoisotopic (exact) mass is 357 g/mol. The van der Waals surface area contributed by atoms with Crippen molar-refractivity contribution in [3.8, 4) is 0 Å². The fourth-order valence-corrected chi connectivity index (χ4v) is 2.59. The van der Waals surface area contributed by atoms with Gasteiger partial charge >= 0.3 is 5.97 Å². The third-order valence-corrected chi connectivity index (χ3v) is 3.96.